The number of hydrogen-bond donors (Lipinski definition) is 1. The van der Waals surface area contributed by atoms with Gasteiger partial charge in [0.1, 0.15) is 5.56 Å². The van der Waals surface area contributed by atoms with E-state index in [9.17, 15) is 9.59 Å². The van der Waals surface area contributed by atoms with Crippen LogP contribution in [0.15, 0.2) is 29.3 Å². The van der Waals surface area contributed by atoms with Crippen molar-refractivity contribution < 1.29 is 9.53 Å². The molecule has 6 nitrogen and oxygen atoms in total. The molecule has 2 aromatic heterocycles. The molecule has 0 aliphatic carbocycles. The molecule has 128 valence electrons. The summed E-state index contributed by atoms with van der Waals surface area (Å²) in [6, 6.07) is 3.68. The van der Waals surface area contributed by atoms with Gasteiger partial charge in [-0.25, -0.2) is 0 Å². The number of carbonyl (C=O) groups excluding carboxylic acids is 1. The number of amides is 1. The summed E-state index contributed by atoms with van der Waals surface area (Å²) in [7, 11) is 1.56. The number of nitrogens with zero attached hydrogens (tertiary/aromatic N) is 2. The summed E-state index contributed by atoms with van der Waals surface area (Å²) in [5.41, 5.74) is 1.52. The quantitative estimate of drug-likeness (QED) is 0.868. The zero-order valence-corrected chi connectivity index (χ0v) is 14.7. The van der Waals surface area contributed by atoms with Crippen molar-refractivity contribution >= 4 is 17.5 Å². The van der Waals surface area contributed by atoms with Gasteiger partial charge >= 0.3 is 0 Å². The molecular formula is C17H20ClN3O3. The van der Waals surface area contributed by atoms with Crippen molar-refractivity contribution in [2.75, 3.05) is 20.3 Å². The molecule has 0 spiro atoms. The Balaban J connectivity index is 2.38. The maximum absolute atomic E-state index is 12.9. The van der Waals surface area contributed by atoms with Gasteiger partial charge in [0, 0.05) is 38.3 Å². The van der Waals surface area contributed by atoms with E-state index >= 15 is 0 Å². The second-order valence-corrected chi connectivity index (χ2v) is 5.85. The molecule has 2 aromatic rings. The lowest BCUT2D eigenvalue weighted by molar-refractivity contribution is 0.0677. The van der Waals surface area contributed by atoms with Crippen LogP contribution < -0.4 is 5.56 Å². The van der Waals surface area contributed by atoms with Crippen LogP contribution in [0, 0.1) is 13.8 Å². The molecule has 0 unspecified atom stereocenters. The van der Waals surface area contributed by atoms with E-state index in [0.29, 0.717) is 36.0 Å². The van der Waals surface area contributed by atoms with Crippen LogP contribution in [0.1, 0.15) is 27.2 Å². The van der Waals surface area contributed by atoms with Crippen LogP contribution in [-0.2, 0) is 11.3 Å². The van der Waals surface area contributed by atoms with Crippen LogP contribution in [0.2, 0.25) is 5.02 Å². The number of nitrogens with one attached hydrogen (secondary N) is 1. The number of aromatic nitrogens is 2. The minimum atomic E-state index is -0.437. The number of ether oxygens (including phenoxy) is 1. The van der Waals surface area contributed by atoms with Crippen molar-refractivity contribution in [2.45, 2.75) is 20.4 Å². The molecule has 0 radical (unpaired) electrons. The SMILES string of the molecule is COCCN(Cc1cccnc1)C(=O)c1c(C)c(Cl)c(C)[nH]c1=O. The summed E-state index contributed by atoms with van der Waals surface area (Å²) < 4.78 is 5.08. The number of halogens is 1. The molecule has 1 N–H and O–H groups in total. The molecule has 7 heteroatoms. The largest absolute Gasteiger partial charge is 0.383 e. The molecule has 0 fully saturated rings. The van der Waals surface area contributed by atoms with Gasteiger partial charge < -0.3 is 14.6 Å². The first-order valence-electron chi connectivity index (χ1n) is 7.51. The fraction of sp³-hybridized carbons (Fsp3) is 0.353. The van der Waals surface area contributed by atoms with Crippen molar-refractivity contribution in [1.29, 1.82) is 0 Å². The van der Waals surface area contributed by atoms with Crippen molar-refractivity contribution in [3.05, 3.63) is 62.3 Å². The van der Waals surface area contributed by atoms with Gasteiger partial charge in [-0.3, -0.25) is 14.6 Å². The number of H-pyrrole nitrogens is 1. The first-order valence-corrected chi connectivity index (χ1v) is 7.89. The highest BCUT2D eigenvalue weighted by Gasteiger charge is 2.23. The molecule has 0 atom stereocenters. The number of hydrogen-bond acceptors (Lipinski definition) is 4. The summed E-state index contributed by atoms with van der Waals surface area (Å²) in [5, 5.41) is 0.394. The maximum atomic E-state index is 12.9. The van der Waals surface area contributed by atoms with Gasteiger partial charge in [0.2, 0.25) is 0 Å². The van der Waals surface area contributed by atoms with Crippen molar-refractivity contribution in [3.8, 4) is 0 Å². The van der Waals surface area contributed by atoms with Crippen molar-refractivity contribution in [1.82, 2.24) is 14.9 Å². The Morgan fingerprint density at radius 2 is 2.17 bits per heavy atom. The molecule has 0 bridgehead atoms. The van der Waals surface area contributed by atoms with E-state index in [1.807, 2.05) is 6.07 Å². The van der Waals surface area contributed by atoms with E-state index in [2.05, 4.69) is 9.97 Å². The molecule has 2 rings (SSSR count). The van der Waals surface area contributed by atoms with Crippen LogP contribution >= 0.6 is 11.6 Å². The predicted molar refractivity (Wildman–Crippen MR) is 92.4 cm³/mol. The highest BCUT2D eigenvalue weighted by Crippen LogP contribution is 2.20. The lowest BCUT2D eigenvalue weighted by Gasteiger charge is -2.23. The number of methoxy groups -OCH3 is 1. The van der Waals surface area contributed by atoms with Gasteiger partial charge in [-0.15, -0.1) is 0 Å². The van der Waals surface area contributed by atoms with E-state index in [1.54, 1.807) is 44.3 Å². The Kier molecular flexibility index (Phi) is 6.11. The molecule has 1 amide bonds. The minimum Gasteiger partial charge on any atom is -0.383 e. The highest BCUT2D eigenvalue weighted by molar-refractivity contribution is 6.32. The topological polar surface area (TPSA) is 75.3 Å². The van der Waals surface area contributed by atoms with Crippen LogP contribution in [0.5, 0.6) is 0 Å². The second-order valence-electron chi connectivity index (χ2n) is 5.47. The fourth-order valence-corrected chi connectivity index (χ4v) is 2.57. The first-order chi connectivity index (χ1) is 11.5. The van der Waals surface area contributed by atoms with Gasteiger partial charge in [0.25, 0.3) is 11.5 Å². The van der Waals surface area contributed by atoms with Crippen LogP contribution in [-0.4, -0.2) is 41.0 Å². The lowest BCUT2D eigenvalue weighted by atomic mass is 10.1. The Bertz CT molecular complexity index is 775. The second kappa shape index (κ2) is 8.08. The summed E-state index contributed by atoms with van der Waals surface area (Å²) in [6.45, 7) is 4.43. The number of aromatic amines is 1. The molecule has 0 aliphatic heterocycles. The van der Waals surface area contributed by atoms with Gasteiger partial charge in [-0.2, -0.15) is 0 Å². The number of aryl methyl sites for hydroxylation is 1. The normalized spacial score (nSPS) is 10.7. The standard InChI is InChI=1S/C17H20ClN3O3/c1-11-14(16(22)20-12(2)15(11)18)17(23)21(7-8-24-3)10-13-5-4-6-19-9-13/h4-6,9H,7-8,10H2,1-3H3,(H,20,22). The van der Waals surface area contributed by atoms with E-state index < -0.39 is 5.56 Å². The van der Waals surface area contributed by atoms with Crippen LogP contribution in [0.3, 0.4) is 0 Å². The van der Waals surface area contributed by atoms with Crippen molar-refractivity contribution in [3.63, 3.8) is 0 Å². The minimum absolute atomic E-state index is 0.0607. The van der Waals surface area contributed by atoms with Crippen molar-refractivity contribution in [2.24, 2.45) is 0 Å². The van der Waals surface area contributed by atoms with Gasteiger partial charge in [-0.05, 0) is 31.0 Å². The molecule has 24 heavy (non-hydrogen) atoms. The first kappa shape index (κ1) is 18.2. The molecule has 0 aromatic carbocycles. The Hall–Kier alpha value is -2.18. The Morgan fingerprint density at radius 1 is 1.42 bits per heavy atom. The average molecular weight is 350 g/mol. The summed E-state index contributed by atoms with van der Waals surface area (Å²) >= 11 is 6.19. The van der Waals surface area contributed by atoms with Gasteiger partial charge in [-0.1, -0.05) is 17.7 Å². The van der Waals surface area contributed by atoms with E-state index in [-0.39, 0.29) is 11.5 Å². The third-order valence-electron chi connectivity index (χ3n) is 3.72. The van der Waals surface area contributed by atoms with Gasteiger partial charge in [0.05, 0.1) is 11.6 Å². The average Bonchev–Trinajstić information content (AvgIpc) is 2.57. The zero-order chi connectivity index (χ0) is 17.7. The molecular weight excluding hydrogens is 330 g/mol. The predicted octanol–water partition coefficient (Wildman–Crippen LogP) is 2.33. The third kappa shape index (κ3) is 4.01. The molecule has 0 saturated carbocycles. The van der Waals surface area contributed by atoms with Gasteiger partial charge in [0.15, 0.2) is 0 Å². The van der Waals surface area contributed by atoms with E-state index in [1.165, 1.54) is 0 Å². The molecule has 0 saturated heterocycles. The zero-order valence-electron chi connectivity index (χ0n) is 13.9. The fourth-order valence-electron chi connectivity index (χ4n) is 2.43. The lowest BCUT2D eigenvalue weighted by Crippen LogP contribution is -2.37. The number of pyridine rings is 2. The Morgan fingerprint density at radius 3 is 2.79 bits per heavy atom. The number of carbonyl (C=O) groups is 1. The summed E-state index contributed by atoms with van der Waals surface area (Å²) in [6.07, 6.45) is 3.35. The summed E-state index contributed by atoms with van der Waals surface area (Å²) in [4.78, 5) is 33.4. The van der Waals surface area contributed by atoms with Crippen LogP contribution in [0.25, 0.3) is 0 Å². The maximum Gasteiger partial charge on any atom is 0.261 e. The van der Waals surface area contributed by atoms with E-state index in [0.717, 1.165) is 5.56 Å². The summed E-state index contributed by atoms with van der Waals surface area (Å²) in [5.74, 6) is -0.378. The smallest absolute Gasteiger partial charge is 0.261 e. The highest BCUT2D eigenvalue weighted by atomic mass is 35.5. The third-order valence-corrected chi connectivity index (χ3v) is 4.29. The van der Waals surface area contributed by atoms with E-state index in [4.69, 9.17) is 16.3 Å². The monoisotopic (exact) mass is 349 g/mol. The molecule has 2 heterocycles. The van der Waals surface area contributed by atoms with Crippen LogP contribution in [0.4, 0.5) is 0 Å². The number of rotatable bonds is 6. The Labute approximate surface area is 145 Å². The molecule has 0 aliphatic rings.